The number of imide groups is 1. The summed E-state index contributed by atoms with van der Waals surface area (Å²) in [5, 5.41) is 9.38. The fraction of sp³-hybridized carbons (Fsp3) is 0.786. The van der Waals surface area contributed by atoms with Crippen molar-refractivity contribution < 1.29 is 19.5 Å². The number of rotatable bonds is 2. The Labute approximate surface area is 112 Å². The second-order valence-electron chi connectivity index (χ2n) is 6.37. The average molecular weight is 265 g/mol. The Kier molecular flexibility index (Phi) is 2.69. The fourth-order valence-corrected chi connectivity index (χ4v) is 4.00. The molecule has 0 radical (unpaired) electrons. The molecule has 3 aliphatic rings. The first-order chi connectivity index (χ1) is 8.99. The molecule has 2 amide bonds. The van der Waals surface area contributed by atoms with Crippen molar-refractivity contribution >= 4 is 17.8 Å². The van der Waals surface area contributed by atoms with Crippen LogP contribution < -0.4 is 0 Å². The van der Waals surface area contributed by atoms with Crippen molar-refractivity contribution in [2.45, 2.75) is 63.3 Å². The Hall–Kier alpha value is -1.39. The highest BCUT2D eigenvalue weighted by molar-refractivity contribution is 6.03. The number of carboxylic acids is 1. The van der Waals surface area contributed by atoms with Crippen molar-refractivity contribution in [3.63, 3.8) is 0 Å². The second-order valence-corrected chi connectivity index (χ2v) is 6.37. The van der Waals surface area contributed by atoms with Crippen LogP contribution in [0.25, 0.3) is 0 Å². The highest BCUT2D eigenvalue weighted by atomic mass is 16.4. The van der Waals surface area contributed by atoms with Crippen LogP contribution >= 0.6 is 0 Å². The molecule has 5 heteroatoms. The standard InChI is InChI=1S/C14H19NO4/c16-10-8-13(4-1-2-5-13)9-11(17)15(10)14(12(18)19)6-3-7-14/h1-9H2,(H,18,19). The van der Waals surface area contributed by atoms with Gasteiger partial charge in [-0.2, -0.15) is 0 Å². The van der Waals surface area contributed by atoms with Crippen molar-refractivity contribution in [1.82, 2.24) is 4.90 Å². The molecule has 104 valence electrons. The topological polar surface area (TPSA) is 74.7 Å². The minimum absolute atomic E-state index is 0.159. The molecule has 0 aromatic rings. The molecule has 0 bridgehead atoms. The number of aliphatic carboxylic acids is 1. The van der Waals surface area contributed by atoms with Gasteiger partial charge in [-0.05, 0) is 37.5 Å². The van der Waals surface area contributed by atoms with Gasteiger partial charge >= 0.3 is 5.97 Å². The van der Waals surface area contributed by atoms with Crippen LogP contribution in [0.15, 0.2) is 0 Å². The molecule has 0 unspecified atom stereocenters. The number of amides is 2. The summed E-state index contributed by atoms with van der Waals surface area (Å²) >= 11 is 0. The largest absolute Gasteiger partial charge is 0.479 e. The number of carbonyl (C=O) groups is 3. The summed E-state index contributed by atoms with van der Waals surface area (Å²) in [7, 11) is 0. The van der Waals surface area contributed by atoms with Gasteiger partial charge in [0.2, 0.25) is 11.8 Å². The van der Waals surface area contributed by atoms with Gasteiger partial charge in [-0.15, -0.1) is 0 Å². The number of hydrogen-bond donors (Lipinski definition) is 1. The molecule has 2 aliphatic carbocycles. The first kappa shape index (κ1) is 12.6. The number of likely N-dealkylation sites (tertiary alicyclic amines) is 1. The zero-order valence-corrected chi connectivity index (χ0v) is 11.0. The van der Waals surface area contributed by atoms with Gasteiger partial charge in [0.25, 0.3) is 0 Å². The SMILES string of the molecule is O=C1CC2(CCCC2)CC(=O)N1C1(C(=O)O)CCC1. The van der Waals surface area contributed by atoms with Crippen LogP contribution in [-0.2, 0) is 14.4 Å². The van der Waals surface area contributed by atoms with E-state index < -0.39 is 11.5 Å². The van der Waals surface area contributed by atoms with E-state index in [-0.39, 0.29) is 17.2 Å². The molecule has 1 aliphatic heterocycles. The quantitative estimate of drug-likeness (QED) is 0.771. The molecular formula is C14H19NO4. The van der Waals surface area contributed by atoms with Gasteiger partial charge in [-0.1, -0.05) is 12.8 Å². The van der Waals surface area contributed by atoms with Crippen molar-refractivity contribution in [1.29, 1.82) is 0 Å². The molecule has 0 aromatic heterocycles. The Bertz CT molecular complexity index is 426. The first-order valence-electron chi connectivity index (χ1n) is 7.09. The summed E-state index contributed by atoms with van der Waals surface area (Å²) in [4.78, 5) is 37.2. The number of carbonyl (C=O) groups excluding carboxylic acids is 2. The molecule has 19 heavy (non-hydrogen) atoms. The number of nitrogens with zero attached hydrogens (tertiary/aromatic N) is 1. The third kappa shape index (κ3) is 1.70. The van der Waals surface area contributed by atoms with E-state index in [9.17, 15) is 19.5 Å². The van der Waals surface area contributed by atoms with Crippen molar-refractivity contribution in [3.05, 3.63) is 0 Å². The fourth-order valence-electron chi connectivity index (χ4n) is 4.00. The molecule has 0 atom stereocenters. The number of carboxylic acid groups (broad SMARTS) is 1. The Balaban J connectivity index is 1.87. The number of hydrogen-bond acceptors (Lipinski definition) is 3. The normalized spacial score (nSPS) is 28.5. The van der Waals surface area contributed by atoms with Crippen molar-refractivity contribution in [2.24, 2.45) is 5.41 Å². The molecule has 3 fully saturated rings. The van der Waals surface area contributed by atoms with Crippen LogP contribution in [-0.4, -0.2) is 33.3 Å². The van der Waals surface area contributed by atoms with E-state index in [0.29, 0.717) is 25.7 Å². The van der Waals surface area contributed by atoms with Gasteiger partial charge < -0.3 is 5.11 Å². The molecule has 1 spiro atoms. The van der Waals surface area contributed by atoms with Gasteiger partial charge in [-0.25, -0.2) is 4.79 Å². The van der Waals surface area contributed by atoms with Gasteiger partial charge in [0.15, 0.2) is 0 Å². The van der Waals surface area contributed by atoms with Crippen LogP contribution in [0, 0.1) is 5.41 Å². The van der Waals surface area contributed by atoms with Crippen LogP contribution in [0.2, 0.25) is 0 Å². The summed E-state index contributed by atoms with van der Waals surface area (Å²) < 4.78 is 0. The van der Waals surface area contributed by atoms with E-state index in [2.05, 4.69) is 0 Å². The lowest BCUT2D eigenvalue weighted by molar-refractivity contribution is -0.178. The van der Waals surface area contributed by atoms with Gasteiger partial charge in [0, 0.05) is 12.8 Å². The third-order valence-corrected chi connectivity index (χ3v) is 5.22. The summed E-state index contributed by atoms with van der Waals surface area (Å²) in [6.45, 7) is 0. The first-order valence-corrected chi connectivity index (χ1v) is 7.09. The maximum atomic E-state index is 12.4. The number of piperidine rings is 1. The summed E-state index contributed by atoms with van der Waals surface area (Å²) in [6, 6.07) is 0. The zero-order chi connectivity index (χ0) is 13.7. The summed E-state index contributed by atoms with van der Waals surface area (Å²) in [5.74, 6) is -1.55. The molecule has 2 saturated carbocycles. The lowest BCUT2D eigenvalue weighted by Gasteiger charge is -2.49. The van der Waals surface area contributed by atoms with E-state index in [4.69, 9.17) is 0 Å². The molecule has 1 heterocycles. The van der Waals surface area contributed by atoms with Gasteiger partial charge in [0.05, 0.1) is 0 Å². The lowest BCUT2D eigenvalue weighted by atomic mass is 9.70. The second kappa shape index (κ2) is 4.05. The third-order valence-electron chi connectivity index (χ3n) is 5.22. The highest BCUT2D eigenvalue weighted by Crippen LogP contribution is 2.50. The van der Waals surface area contributed by atoms with Crippen molar-refractivity contribution in [2.75, 3.05) is 0 Å². The molecule has 0 aromatic carbocycles. The van der Waals surface area contributed by atoms with Crippen LogP contribution in [0.5, 0.6) is 0 Å². The Morgan fingerprint density at radius 3 is 1.84 bits per heavy atom. The van der Waals surface area contributed by atoms with E-state index in [1.807, 2.05) is 0 Å². The van der Waals surface area contributed by atoms with Gasteiger partial charge in [-0.3, -0.25) is 14.5 Å². The van der Waals surface area contributed by atoms with Crippen LogP contribution in [0.4, 0.5) is 0 Å². The zero-order valence-electron chi connectivity index (χ0n) is 11.0. The molecular weight excluding hydrogens is 246 g/mol. The van der Waals surface area contributed by atoms with E-state index in [1.54, 1.807) is 0 Å². The van der Waals surface area contributed by atoms with Crippen LogP contribution in [0.3, 0.4) is 0 Å². The Morgan fingerprint density at radius 1 is 0.947 bits per heavy atom. The molecule has 5 nitrogen and oxygen atoms in total. The maximum Gasteiger partial charge on any atom is 0.330 e. The molecule has 3 rings (SSSR count). The van der Waals surface area contributed by atoms with E-state index in [0.717, 1.165) is 37.0 Å². The summed E-state index contributed by atoms with van der Waals surface area (Å²) in [6.07, 6.45) is 6.31. The monoisotopic (exact) mass is 265 g/mol. The smallest absolute Gasteiger partial charge is 0.330 e. The predicted octanol–water partition coefficient (Wildman–Crippen LogP) is 1.70. The van der Waals surface area contributed by atoms with E-state index in [1.165, 1.54) is 0 Å². The average Bonchev–Trinajstić information content (AvgIpc) is 2.68. The lowest BCUT2D eigenvalue weighted by Crippen LogP contribution is -2.65. The maximum absolute atomic E-state index is 12.4. The minimum atomic E-state index is -1.23. The predicted molar refractivity (Wildman–Crippen MR) is 66.2 cm³/mol. The molecule has 1 N–H and O–H groups in total. The Morgan fingerprint density at radius 2 is 1.47 bits per heavy atom. The highest BCUT2D eigenvalue weighted by Gasteiger charge is 2.57. The van der Waals surface area contributed by atoms with Gasteiger partial charge in [0.1, 0.15) is 5.54 Å². The van der Waals surface area contributed by atoms with E-state index >= 15 is 0 Å². The van der Waals surface area contributed by atoms with Crippen LogP contribution in [0.1, 0.15) is 57.8 Å². The molecule has 1 saturated heterocycles. The summed E-state index contributed by atoms with van der Waals surface area (Å²) in [5.41, 5.74) is -1.39. The minimum Gasteiger partial charge on any atom is -0.479 e. The van der Waals surface area contributed by atoms with Crippen molar-refractivity contribution in [3.8, 4) is 0 Å².